The number of carbonyl (C=O) groups is 1. The zero-order valence-electron chi connectivity index (χ0n) is 14.5. The van der Waals surface area contributed by atoms with E-state index in [9.17, 15) is 9.59 Å². The van der Waals surface area contributed by atoms with Crippen LogP contribution in [0.25, 0.3) is 15.9 Å². The van der Waals surface area contributed by atoms with Gasteiger partial charge in [0.05, 0.1) is 10.9 Å². The molecule has 4 heterocycles. The molecule has 0 radical (unpaired) electrons. The van der Waals surface area contributed by atoms with E-state index >= 15 is 0 Å². The highest BCUT2D eigenvalue weighted by Gasteiger charge is 2.22. The van der Waals surface area contributed by atoms with Gasteiger partial charge in [0.15, 0.2) is 5.65 Å². The number of aromatic nitrogens is 2. The summed E-state index contributed by atoms with van der Waals surface area (Å²) in [5.41, 5.74) is 1.88. The Labute approximate surface area is 149 Å². The van der Waals surface area contributed by atoms with Gasteiger partial charge in [0, 0.05) is 24.2 Å². The van der Waals surface area contributed by atoms with Crippen molar-refractivity contribution in [1.29, 1.82) is 0 Å². The third-order valence-corrected chi connectivity index (χ3v) is 6.20. The highest BCUT2D eigenvalue weighted by molar-refractivity contribution is 7.18. The Morgan fingerprint density at radius 3 is 2.60 bits per heavy atom. The molecule has 0 aromatic carbocycles. The average Bonchev–Trinajstić information content (AvgIpc) is 2.81. The molecular formula is C19H21N3O2S. The van der Waals surface area contributed by atoms with Gasteiger partial charge in [0.25, 0.3) is 11.5 Å². The highest BCUT2D eigenvalue weighted by atomic mass is 32.1. The Morgan fingerprint density at radius 2 is 1.88 bits per heavy atom. The molecule has 4 rings (SSSR count). The van der Waals surface area contributed by atoms with Gasteiger partial charge < -0.3 is 4.90 Å². The second kappa shape index (κ2) is 6.26. The Morgan fingerprint density at radius 1 is 1.16 bits per heavy atom. The van der Waals surface area contributed by atoms with E-state index in [1.54, 1.807) is 18.3 Å². The maximum absolute atomic E-state index is 13.1. The van der Waals surface area contributed by atoms with E-state index in [0.717, 1.165) is 41.2 Å². The zero-order chi connectivity index (χ0) is 17.6. The van der Waals surface area contributed by atoms with Crippen molar-refractivity contribution in [2.24, 2.45) is 0 Å². The minimum absolute atomic E-state index is 0.0174. The van der Waals surface area contributed by atoms with Crippen LogP contribution in [0.1, 0.15) is 46.5 Å². The number of hydrogen-bond acceptors (Lipinski definition) is 4. The quantitative estimate of drug-likeness (QED) is 0.671. The lowest BCUT2D eigenvalue weighted by Gasteiger charge is -2.20. The molecule has 5 nitrogen and oxygen atoms in total. The maximum atomic E-state index is 13.1. The Kier molecular flexibility index (Phi) is 4.07. The topological polar surface area (TPSA) is 54.7 Å². The van der Waals surface area contributed by atoms with E-state index in [-0.39, 0.29) is 11.5 Å². The number of carbonyl (C=O) groups excluding carboxylic acids is 1. The summed E-state index contributed by atoms with van der Waals surface area (Å²) in [4.78, 5) is 34.4. The first-order valence-electron chi connectivity index (χ1n) is 8.78. The molecule has 0 aliphatic carbocycles. The first-order chi connectivity index (χ1) is 12.1. The van der Waals surface area contributed by atoms with Crippen molar-refractivity contribution >= 4 is 33.1 Å². The number of likely N-dealkylation sites (tertiary alicyclic amines) is 1. The number of fused-ring (bicyclic) bond motifs is 2. The molecule has 25 heavy (non-hydrogen) atoms. The first kappa shape index (κ1) is 16.3. The average molecular weight is 355 g/mol. The number of amides is 1. The lowest BCUT2D eigenvalue weighted by molar-refractivity contribution is 0.0763. The van der Waals surface area contributed by atoms with Crippen LogP contribution < -0.4 is 5.56 Å². The molecule has 1 fully saturated rings. The van der Waals surface area contributed by atoms with Gasteiger partial charge in [0.1, 0.15) is 4.83 Å². The summed E-state index contributed by atoms with van der Waals surface area (Å²) < 4.78 is 1.52. The first-order valence-corrected chi connectivity index (χ1v) is 9.60. The Hall–Kier alpha value is -2.21. The van der Waals surface area contributed by atoms with E-state index in [4.69, 9.17) is 4.98 Å². The molecule has 0 saturated carbocycles. The number of nitrogens with zero attached hydrogens (tertiary/aromatic N) is 3. The van der Waals surface area contributed by atoms with Gasteiger partial charge in [0.2, 0.25) is 0 Å². The third-order valence-electron chi connectivity index (χ3n) is 5.10. The molecule has 0 unspecified atom stereocenters. The number of hydrogen-bond donors (Lipinski definition) is 0. The highest BCUT2D eigenvalue weighted by Crippen LogP contribution is 2.27. The van der Waals surface area contributed by atoms with Crippen LogP contribution in [0.3, 0.4) is 0 Å². The smallest absolute Gasteiger partial charge is 0.266 e. The van der Waals surface area contributed by atoms with Gasteiger partial charge in [-0.15, -0.1) is 11.3 Å². The van der Waals surface area contributed by atoms with Crippen LogP contribution in [0, 0.1) is 13.8 Å². The summed E-state index contributed by atoms with van der Waals surface area (Å²) in [7, 11) is 0. The van der Waals surface area contributed by atoms with Crippen molar-refractivity contribution in [2.45, 2.75) is 39.5 Å². The fourth-order valence-corrected chi connectivity index (χ4v) is 4.57. The molecule has 0 bridgehead atoms. The molecule has 1 amide bonds. The van der Waals surface area contributed by atoms with E-state index in [1.807, 2.05) is 18.7 Å². The van der Waals surface area contributed by atoms with Crippen LogP contribution in [-0.4, -0.2) is 33.3 Å². The number of rotatable bonds is 1. The van der Waals surface area contributed by atoms with Gasteiger partial charge in [-0.3, -0.25) is 14.0 Å². The molecule has 1 aliphatic rings. The van der Waals surface area contributed by atoms with Crippen LogP contribution in [0.2, 0.25) is 0 Å². The van der Waals surface area contributed by atoms with Gasteiger partial charge in [-0.05, 0) is 44.4 Å². The molecule has 0 spiro atoms. The van der Waals surface area contributed by atoms with Crippen molar-refractivity contribution in [2.75, 3.05) is 13.1 Å². The van der Waals surface area contributed by atoms with Crippen molar-refractivity contribution < 1.29 is 4.79 Å². The summed E-state index contributed by atoms with van der Waals surface area (Å²) in [5.74, 6) is -0.0174. The van der Waals surface area contributed by atoms with E-state index < -0.39 is 0 Å². The Balaban J connectivity index is 1.91. The molecule has 3 aromatic rings. The molecule has 0 N–H and O–H groups in total. The fourth-order valence-electron chi connectivity index (χ4n) is 3.55. The van der Waals surface area contributed by atoms with E-state index in [2.05, 4.69) is 0 Å². The number of aryl methyl sites for hydroxylation is 2. The van der Waals surface area contributed by atoms with Crippen molar-refractivity contribution in [1.82, 2.24) is 14.3 Å². The van der Waals surface area contributed by atoms with Crippen LogP contribution in [0.5, 0.6) is 0 Å². The lowest BCUT2D eigenvalue weighted by Crippen LogP contribution is -2.32. The summed E-state index contributed by atoms with van der Waals surface area (Å²) in [6.45, 7) is 5.52. The van der Waals surface area contributed by atoms with Crippen LogP contribution in [0.15, 0.2) is 23.1 Å². The SMILES string of the molecule is Cc1sc2nc3c(C(=O)N4CCCCCC4)cccn3c(=O)c2c1C. The van der Waals surface area contributed by atoms with E-state index in [0.29, 0.717) is 16.6 Å². The fraction of sp³-hybridized carbons (Fsp3) is 0.421. The molecule has 1 saturated heterocycles. The molecule has 130 valence electrons. The maximum Gasteiger partial charge on any atom is 0.266 e. The number of pyridine rings is 1. The molecule has 0 atom stereocenters. The van der Waals surface area contributed by atoms with Crippen LogP contribution in [-0.2, 0) is 0 Å². The standard InChI is InChI=1S/C19H21N3O2S/c1-12-13(2)25-17-15(12)19(24)22-11-7-8-14(16(22)20-17)18(23)21-9-5-3-4-6-10-21/h7-8,11H,3-6,9-10H2,1-2H3. The van der Waals surface area contributed by atoms with Gasteiger partial charge in [-0.25, -0.2) is 4.98 Å². The summed E-state index contributed by atoms with van der Waals surface area (Å²) >= 11 is 1.52. The van der Waals surface area contributed by atoms with Gasteiger partial charge in [-0.1, -0.05) is 12.8 Å². The minimum Gasteiger partial charge on any atom is -0.339 e. The van der Waals surface area contributed by atoms with Crippen molar-refractivity contribution in [3.8, 4) is 0 Å². The monoisotopic (exact) mass is 355 g/mol. The summed E-state index contributed by atoms with van der Waals surface area (Å²) in [6.07, 6.45) is 6.13. The van der Waals surface area contributed by atoms with Gasteiger partial charge >= 0.3 is 0 Å². The van der Waals surface area contributed by atoms with Crippen molar-refractivity contribution in [3.05, 3.63) is 44.7 Å². The predicted octanol–water partition coefficient (Wildman–Crippen LogP) is 3.54. The molecule has 3 aromatic heterocycles. The molecular weight excluding hydrogens is 334 g/mol. The largest absolute Gasteiger partial charge is 0.339 e. The van der Waals surface area contributed by atoms with Crippen LogP contribution in [0.4, 0.5) is 0 Å². The molecule has 6 heteroatoms. The van der Waals surface area contributed by atoms with Gasteiger partial charge in [-0.2, -0.15) is 0 Å². The lowest BCUT2D eigenvalue weighted by atomic mass is 10.2. The molecule has 1 aliphatic heterocycles. The second-order valence-electron chi connectivity index (χ2n) is 6.70. The second-order valence-corrected chi connectivity index (χ2v) is 7.91. The summed E-state index contributed by atoms with van der Waals surface area (Å²) in [5, 5.41) is 0.666. The minimum atomic E-state index is -0.0904. The Bertz CT molecular complexity index is 1030. The summed E-state index contributed by atoms with van der Waals surface area (Å²) in [6, 6.07) is 3.55. The third kappa shape index (κ3) is 2.65. The van der Waals surface area contributed by atoms with Crippen LogP contribution >= 0.6 is 11.3 Å². The van der Waals surface area contributed by atoms with E-state index in [1.165, 1.54) is 28.6 Å². The normalized spacial score (nSPS) is 15.7. The number of thiophene rings is 1. The van der Waals surface area contributed by atoms with Crippen molar-refractivity contribution in [3.63, 3.8) is 0 Å². The predicted molar refractivity (Wildman–Crippen MR) is 101 cm³/mol. The zero-order valence-corrected chi connectivity index (χ0v) is 15.4.